The highest BCUT2D eigenvalue weighted by Crippen LogP contribution is 2.24. The van der Waals surface area contributed by atoms with E-state index in [0.717, 1.165) is 11.3 Å². The van der Waals surface area contributed by atoms with E-state index in [2.05, 4.69) is 15.0 Å². The summed E-state index contributed by atoms with van der Waals surface area (Å²) in [6.45, 7) is 6.46. The average Bonchev–Trinajstić information content (AvgIpc) is 2.90. The van der Waals surface area contributed by atoms with E-state index < -0.39 is 5.97 Å². The van der Waals surface area contributed by atoms with Gasteiger partial charge in [0.25, 0.3) is 0 Å². The smallest absolute Gasteiger partial charge is 0.358 e. The number of carbonyl (C=O) groups excluding carboxylic acids is 3. The molecule has 0 unspecified atom stereocenters. The number of amides is 1. The third-order valence-corrected chi connectivity index (χ3v) is 3.95. The van der Waals surface area contributed by atoms with Crippen molar-refractivity contribution < 1.29 is 19.1 Å². The lowest BCUT2D eigenvalue weighted by Crippen LogP contribution is -2.35. The summed E-state index contributed by atoms with van der Waals surface area (Å²) in [4.78, 5) is 40.9. The molecule has 0 atom stereocenters. The number of ether oxygens (including phenoxy) is 1. The lowest BCUT2D eigenvalue weighted by molar-refractivity contribution is -0.128. The summed E-state index contributed by atoms with van der Waals surface area (Å²) >= 11 is 1.04. The highest BCUT2D eigenvalue weighted by Gasteiger charge is 2.22. The van der Waals surface area contributed by atoms with E-state index in [0.29, 0.717) is 18.2 Å². The number of anilines is 1. The Morgan fingerprint density at radius 3 is 2.38 bits per heavy atom. The first kappa shape index (κ1) is 17.1. The molecule has 1 aromatic heterocycles. The molecule has 7 nitrogen and oxygen atoms in total. The summed E-state index contributed by atoms with van der Waals surface area (Å²) in [7, 11) is 1.22. The number of methoxy groups -OCH3 is 1. The molecule has 0 fully saturated rings. The molecule has 0 spiro atoms. The highest BCUT2D eigenvalue weighted by molar-refractivity contribution is 7.17. The average molecular weight is 313 g/mol. The third kappa shape index (κ3) is 4.25. The monoisotopic (exact) mass is 313 g/mol. The normalized spacial score (nSPS) is 10.1. The van der Waals surface area contributed by atoms with Crippen LogP contribution in [0.3, 0.4) is 0 Å². The first-order chi connectivity index (χ1) is 9.94. The van der Waals surface area contributed by atoms with Gasteiger partial charge in [-0.1, -0.05) is 11.3 Å². The minimum absolute atomic E-state index is 0.0206. The molecule has 0 aliphatic rings. The second-order valence-electron chi connectivity index (χ2n) is 4.16. The van der Waals surface area contributed by atoms with Gasteiger partial charge in [0, 0.05) is 20.0 Å². The zero-order valence-electron chi connectivity index (χ0n) is 12.6. The Balaban J connectivity index is 2.83. The molecule has 1 rings (SSSR count). The maximum absolute atomic E-state index is 11.9. The fourth-order valence-corrected chi connectivity index (χ4v) is 2.55. The Morgan fingerprint density at radius 2 is 1.90 bits per heavy atom. The summed E-state index contributed by atoms with van der Waals surface area (Å²) in [6, 6.07) is 0. The summed E-state index contributed by atoms with van der Waals surface area (Å²) in [5.41, 5.74) is -0.0206. The number of nitrogens with one attached hydrogen (secondary N) is 1. The van der Waals surface area contributed by atoms with Crippen LogP contribution >= 0.6 is 11.3 Å². The van der Waals surface area contributed by atoms with Gasteiger partial charge in [-0.25, -0.2) is 9.78 Å². The molecule has 0 aliphatic heterocycles. The molecule has 1 aromatic rings. The molecule has 1 N–H and O–H groups in total. The largest absolute Gasteiger partial charge is 0.464 e. The maximum Gasteiger partial charge on any atom is 0.358 e. The van der Waals surface area contributed by atoms with E-state index in [1.807, 2.05) is 13.8 Å². The van der Waals surface area contributed by atoms with Crippen molar-refractivity contribution >= 4 is 34.1 Å². The van der Waals surface area contributed by atoms with Gasteiger partial charge in [0.05, 0.1) is 13.7 Å². The number of nitrogens with zero attached hydrogens (tertiary/aromatic N) is 2. The molecule has 1 amide bonds. The van der Waals surface area contributed by atoms with Crippen LogP contribution in [0, 0.1) is 0 Å². The van der Waals surface area contributed by atoms with Gasteiger partial charge in [0.1, 0.15) is 4.88 Å². The number of aromatic nitrogens is 1. The van der Waals surface area contributed by atoms with Crippen molar-refractivity contribution in [2.24, 2.45) is 0 Å². The van der Waals surface area contributed by atoms with Crippen LogP contribution in [0.4, 0.5) is 5.13 Å². The minimum Gasteiger partial charge on any atom is -0.464 e. The van der Waals surface area contributed by atoms with Gasteiger partial charge < -0.3 is 15.0 Å². The van der Waals surface area contributed by atoms with Gasteiger partial charge >= 0.3 is 5.97 Å². The molecule has 0 bridgehead atoms. The van der Waals surface area contributed by atoms with Gasteiger partial charge in [-0.2, -0.15) is 0 Å². The zero-order valence-corrected chi connectivity index (χ0v) is 13.4. The Labute approximate surface area is 127 Å². The third-order valence-electron chi connectivity index (χ3n) is 2.83. The first-order valence-corrected chi connectivity index (χ1v) is 7.37. The molecule has 0 saturated carbocycles. The summed E-state index contributed by atoms with van der Waals surface area (Å²) in [5, 5.41) is 3.19. The van der Waals surface area contributed by atoms with Crippen LogP contribution in [-0.2, 0) is 9.53 Å². The summed E-state index contributed by atoms with van der Waals surface area (Å²) < 4.78 is 4.59. The lowest BCUT2D eigenvalue weighted by Gasteiger charge is -2.18. The number of ketones is 1. The second kappa shape index (κ2) is 7.72. The van der Waals surface area contributed by atoms with Crippen LogP contribution in [0.15, 0.2) is 0 Å². The maximum atomic E-state index is 11.9. The van der Waals surface area contributed by atoms with E-state index in [1.165, 1.54) is 14.0 Å². The SMILES string of the molecule is CCN(CC)C(=O)CNc1nc(C(=O)OC)c(C(C)=O)s1. The molecule has 0 radical (unpaired) electrons. The fraction of sp³-hybridized carbons (Fsp3) is 0.538. The van der Waals surface area contributed by atoms with E-state index in [1.54, 1.807) is 4.90 Å². The van der Waals surface area contributed by atoms with Crippen LogP contribution in [0.5, 0.6) is 0 Å². The zero-order chi connectivity index (χ0) is 16.0. The topological polar surface area (TPSA) is 88.6 Å². The predicted octanol–water partition coefficient (Wildman–Crippen LogP) is 1.41. The van der Waals surface area contributed by atoms with Crippen LogP contribution in [0.25, 0.3) is 0 Å². The van der Waals surface area contributed by atoms with Gasteiger partial charge in [-0.15, -0.1) is 0 Å². The Hall–Kier alpha value is -1.96. The first-order valence-electron chi connectivity index (χ1n) is 6.56. The number of rotatable bonds is 7. The number of esters is 1. The minimum atomic E-state index is -0.667. The lowest BCUT2D eigenvalue weighted by atomic mass is 10.3. The van der Waals surface area contributed by atoms with E-state index >= 15 is 0 Å². The molecular formula is C13H19N3O4S. The van der Waals surface area contributed by atoms with Crippen molar-refractivity contribution in [3.8, 4) is 0 Å². The van der Waals surface area contributed by atoms with Crippen LogP contribution in [0.1, 0.15) is 40.9 Å². The van der Waals surface area contributed by atoms with Crippen LogP contribution in [0.2, 0.25) is 0 Å². The number of Topliss-reactive ketones (excluding diaryl/α,β-unsaturated/α-hetero) is 1. The summed E-state index contributed by atoms with van der Waals surface area (Å²) in [6.07, 6.45) is 0. The molecule has 0 aromatic carbocycles. The molecule has 0 aliphatic carbocycles. The quantitative estimate of drug-likeness (QED) is 0.605. The van der Waals surface area contributed by atoms with Crippen molar-refractivity contribution in [1.82, 2.24) is 9.88 Å². The molecule has 0 saturated heterocycles. The number of thiazole rings is 1. The number of hydrogen-bond acceptors (Lipinski definition) is 7. The van der Waals surface area contributed by atoms with Crippen molar-refractivity contribution in [2.75, 3.05) is 32.1 Å². The molecule has 8 heteroatoms. The number of hydrogen-bond donors (Lipinski definition) is 1. The van der Waals surface area contributed by atoms with Crippen LogP contribution in [-0.4, -0.2) is 54.3 Å². The van der Waals surface area contributed by atoms with Gasteiger partial charge in [-0.05, 0) is 13.8 Å². The summed E-state index contributed by atoms with van der Waals surface area (Å²) in [5.74, 6) is -1.00. The number of likely N-dealkylation sites (N-methyl/N-ethyl adjacent to an activating group) is 1. The molecule has 21 heavy (non-hydrogen) atoms. The Bertz CT molecular complexity index is 538. The molecular weight excluding hydrogens is 294 g/mol. The van der Waals surface area contributed by atoms with E-state index in [-0.39, 0.29) is 28.8 Å². The van der Waals surface area contributed by atoms with E-state index in [9.17, 15) is 14.4 Å². The van der Waals surface area contributed by atoms with E-state index in [4.69, 9.17) is 0 Å². The Morgan fingerprint density at radius 1 is 1.29 bits per heavy atom. The fourth-order valence-electron chi connectivity index (χ4n) is 1.71. The standard InChI is InChI=1S/C13H19N3O4S/c1-5-16(6-2)9(18)7-14-13-15-10(12(19)20-4)11(21-13)8(3)17/h5-7H2,1-4H3,(H,14,15). The van der Waals surface area contributed by atoms with Crippen molar-refractivity contribution in [3.63, 3.8) is 0 Å². The van der Waals surface area contributed by atoms with Gasteiger partial charge in [-0.3, -0.25) is 9.59 Å². The van der Waals surface area contributed by atoms with Crippen LogP contribution < -0.4 is 5.32 Å². The molecule has 1 heterocycles. The Kier molecular flexibility index (Phi) is 6.29. The number of carbonyl (C=O) groups is 3. The van der Waals surface area contributed by atoms with Crippen molar-refractivity contribution in [3.05, 3.63) is 10.6 Å². The second-order valence-corrected chi connectivity index (χ2v) is 5.16. The predicted molar refractivity (Wildman–Crippen MR) is 79.9 cm³/mol. The molecule has 116 valence electrons. The van der Waals surface area contributed by atoms with Gasteiger partial charge in [0.15, 0.2) is 16.6 Å². The highest BCUT2D eigenvalue weighted by atomic mass is 32.1. The van der Waals surface area contributed by atoms with Crippen molar-refractivity contribution in [1.29, 1.82) is 0 Å². The van der Waals surface area contributed by atoms with Gasteiger partial charge in [0.2, 0.25) is 5.91 Å². The van der Waals surface area contributed by atoms with Crippen molar-refractivity contribution in [2.45, 2.75) is 20.8 Å².